The predicted molar refractivity (Wildman–Crippen MR) is 113 cm³/mol. The number of nitrogens with zero attached hydrogens (tertiary/aromatic N) is 3. The summed E-state index contributed by atoms with van der Waals surface area (Å²) in [5, 5.41) is 11.4. The van der Waals surface area contributed by atoms with Gasteiger partial charge >= 0.3 is 0 Å². The van der Waals surface area contributed by atoms with Gasteiger partial charge in [0.2, 0.25) is 0 Å². The molecule has 0 saturated carbocycles. The van der Waals surface area contributed by atoms with Crippen LogP contribution in [0.3, 0.4) is 0 Å². The molecular weight excluding hydrogens is 354 g/mol. The molecule has 1 heterocycles. The standard InChI is InChI=1S/C21H33N5O2/c1-7-18-17(19(8-2)26(4)25-18)14-24-21(22-9-3)23-13-15-10-11-16(27-5)12-20(15)28-6/h10-12H,7-9,13-14H2,1-6H3,(H2,22,23,24). The molecule has 2 N–H and O–H groups in total. The Morgan fingerprint density at radius 1 is 1.11 bits per heavy atom. The number of nitrogens with one attached hydrogen (secondary N) is 2. The first-order valence-corrected chi connectivity index (χ1v) is 9.84. The van der Waals surface area contributed by atoms with Crippen molar-refractivity contribution in [2.45, 2.75) is 46.7 Å². The number of aryl methyl sites for hydroxylation is 2. The molecule has 0 bridgehead atoms. The highest BCUT2D eigenvalue weighted by atomic mass is 16.5. The largest absolute Gasteiger partial charge is 0.497 e. The fraction of sp³-hybridized carbons (Fsp3) is 0.524. The fourth-order valence-electron chi connectivity index (χ4n) is 3.25. The van der Waals surface area contributed by atoms with E-state index in [9.17, 15) is 0 Å². The molecule has 0 spiro atoms. The second kappa shape index (κ2) is 10.6. The Labute approximate surface area is 168 Å². The summed E-state index contributed by atoms with van der Waals surface area (Å²) in [6.07, 6.45) is 1.87. The zero-order valence-electron chi connectivity index (χ0n) is 17.9. The normalized spacial score (nSPS) is 11.4. The minimum atomic E-state index is 0.511. The van der Waals surface area contributed by atoms with Crippen LogP contribution in [0.1, 0.15) is 43.3 Å². The van der Waals surface area contributed by atoms with Crippen molar-refractivity contribution in [1.29, 1.82) is 0 Å². The topological polar surface area (TPSA) is 72.7 Å². The van der Waals surface area contributed by atoms with Crippen LogP contribution < -0.4 is 20.1 Å². The Morgan fingerprint density at radius 2 is 1.89 bits per heavy atom. The molecule has 2 aromatic rings. The van der Waals surface area contributed by atoms with E-state index in [0.29, 0.717) is 13.1 Å². The molecule has 7 heteroatoms. The van der Waals surface area contributed by atoms with Gasteiger partial charge in [-0.15, -0.1) is 0 Å². The molecule has 0 atom stereocenters. The molecular formula is C21H33N5O2. The van der Waals surface area contributed by atoms with E-state index in [4.69, 9.17) is 14.5 Å². The predicted octanol–water partition coefficient (Wildman–Crippen LogP) is 2.82. The van der Waals surface area contributed by atoms with Crippen molar-refractivity contribution in [2.75, 3.05) is 20.8 Å². The quantitative estimate of drug-likeness (QED) is 0.511. The van der Waals surface area contributed by atoms with Crippen molar-refractivity contribution in [3.8, 4) is 11.5 Å². The van der Waals surface area contributed by atoms with Crippen molar-refractivity contribution in [1.82, 2.24) is 20.4 Å². The number of hydrogen-bond donors (Lipinski definition) is 2. The van der Waals surface area contributed by atoms with Gasteiger partial charge in [-0.05, 0) is 31.9 Å². The summed E-state index contributed by atoms with van der Waals surface area (Å²) in [5.41, 5.74) is 4.67. The summed E-state index contributed by atoms with van der Waals surface area (Å²) in [4.78, 5) is 4.73. The van der Waals surface area contributed by atoms with Gasteiger partial charge < -0.3 is 20.1 Å². The lowest BCUT2D eigenvalue weighted by Crippen LogP contribution is -2.37. The number of hydrogen-bond acceptors (Lipinski definition) is 4. The third kappa shape index (κ3) is 5.18. The molecule has 28 heavy (non-hydrogen) atoms. The summed E-state index contributed by atoms with van der Waals surface area (Å²) >= 11 is 0. The summed E-state index contributed by atoms with van der Waals surface area (Å²) in [5.74, 6) is 2.31. The molecule has 1 aromatic carbocycles. The first-order chi connectivity index (χ1) is 13.6. The fourth-order valence-corrected chi connectivity index (χ4v) is 3.25. The van der Waals surface area contributed by atoms with Gasteiger partial charge in [0.25, 0.3) is 0 Å². The molecule has 0 amide bonds. The van der Waals surface area contributed by atoms with Crippen LogP contribution in [0.5, 0.6) is 11.5 Å². The Kier molecular flexibility index (Phi) is 8.17. The van der Waals surface area contributed by atoms with Gasteiger partial charge in [-0.25, -0.2) is 4.99 Å². The Balaban J connectivity index is 2.16. The average Bonchev–Trinajstić information content (AvgIpc) is 3.04. The number of rotatable bonds is 9. The lowest BCUT2D eigenvalue weighted by Gasteiger charge is -2.13. The van der Waals surface area contributed by atoms with E-state index in [0.717, 1.165) is 48.1 Å². The molecule has 7 nitrogen and oxygen atoms in total. The zero-order valence-corrected chi connectivity index (χ0v) is 17.9. The van der Waals surface area contributed by atoms with Crippen LogP contribution in [0.15, 0.2) is 23.2 Å². The summed E-state index contributed by atoms with van der Waals surface area (Å²) in [7, 11) is 5.32. The van der Waals surface area contributed by atoms with Crippen LogP contribution in [0.2, 0.25) is 0 Å². The molecule has 0 fully saturated rings. The molecule has 0 aliphatic heterocycles. The number of guanidine groups is 1. The number of aromatic nitrogens is 2. The minimum absolute atomic E-state index is 0.511. The highest BCUT2D eigenvalue weighted by molar-refractivity contribution is 5.79. The van der Waals surface area contributed by atoms with Gasteiger partial charge in [-0.1, -0.05) is 13.8 Å². The van der Waals surface area contributed by atoms with E-state index in [-0.39, 0.29) is 0 Å². The van der Waals surface area contributed by atoms with Gasteiger partial charge in [0.05, 0.1) is 26.5 Å². The first-order valence-electron chi connectivity index (χ1n) is 9.84. The summed E-state index contributed by atoms with van der Waals surface area (Å²) in [6.45, 7) is 8.36. The van der Waals surface area contributed by atoms with E-state index in [1.54, 1.807) is 14.2 Å². The molecule has 0 radical (unpaired) electrons. The molecule has 0 aliphatic rings. The number of ether oxygens (including phenoxy) is 2. The van der Waals surface area contributed by atoms with E-state index in [1.807, 2.05) is 29.9 Å². The number of benzene rings is 1. The van der Waals surface area contributed by atoms with Crippen LogP contribution in [-0.2, 0) is 33.0 Å². The van der Waals surface area contributed by atoms with Crippen LogP contribution in [-0.4, -0.2) is 36.5 Å². The van der Waals surface area contributed by atoms with Gasteiger partial charge in [0, 0.05) is 43.0 Å². The van der Waals surface area contributed by atoms with Crippen molar-refractivity contribution in [3.63, 3.8) is 0 Å². The molecule has 0 aliphatic carbocycles. The number of methoxy groups -OCH3 is 2. The van der Waals surface area contributed by atoms with Crippen LogP contribution in [0, 0.1) is 0 Å². The summed E-state index contributed by atoms with van der Waals surface area (Å²) < 4.78 is 12.7. The maximum absolute atomic E-state index is 5.47. The van der Waals surface area contributed by atoms with Gasteiger partial charge in [0.1, 0.15) is 11.5 Å². The highest BCUT2D eigenvalue weighted by Gasteiger charge is 2.14. The Hall–Kier alpha value is -2.70. The monoisotopic (exact) mass is 387 g/mol. The van der Waals surface area contributed by atoms with Gasteiger partial charge in [-0.2, -0.15) is 5.10 Å². The maximum atomic E-state index is 5.47. The van der Waals surface area contributed by atoms with E-state index >= 15 is 0 Å². The third-order valence-electron chi connectivity index (χ3n) is 4.71. The molecule has 2 rings (SSSR count). The van der Waals surface area contributed by atoms with E-state index in [1.165, 1.54) is 11.3 Å². The third-order valence-corrected chi connectivity index (χ3v) is 4.71. The van der Waals surface area contributed by atoms with Crippen LogP contribution in [0.25, 0.3) is 0 Å². The zero-order chi connectivity index (χ0) is 20.5. The van der Waals surface area contributed by atoms with E-state index < -0.39 is 0 Å². The van der Waals surface area contributed by atoms with Crippen LogP contribution in [0.4, 0.5) is 0 Å². The maximum Gasteiger partial charge on any atom is 0.191 e. The van der Waals surface area contributed by atoms with Crippen molar-refractivity contribution < 1.29 is 9.47 Å². The SMILES string of the molecule is CCNC(=NCc1ccc(OC)cc1OC)NCc1c(CC)nn(C)c1CC. The molecule has 1 aromatic heterocycles. The minimum Gasteiger partial charge on any atom is -0.497 e. The lowest BCUT2D eigenvalue weighted by atomic mass is 10.1. The molecule has 0 saturated heterocycles. The number of aliphatic imine (C=N–C) groups is 1. The van der Waals surface area contributed by atoms with Crippen LogP contribution >= 0.6 is 0 Å². The average molecular weight is 388 g/mol. The van der Waals surface area contributed by atoms with Gasteiger partial charge in [-0.3, -0.25) is 4.68 Å². The Bertz CT molecular complexity index is 798. The van der Waals surface area contributed by atoms with E-state index in [2.05, 4.69) is 36.5 Å². The first kappa shape index (κ1) is 21.6. The smallest absolute Gasteiger partial charge is 0.191 e. The Morgan fingerprint density at radius 3 is 2.50 bits per heavy atom. The lowest BCUT2D eigenvalue weighted by molar-refractivity contribution is 0.391. The summed E-state index contributed by atoms with van der Waals surface area (Å²) in [6, 6.07) is 5.78. The second-order valence-corrected chi connectivity index (χ2v) is 6.43. The van der Waals surface area contributed by atoms with Gasteiger partial charge in [0.15, 0.2) is 5.96 Å². The van der Waals surface area contributed by atoms with Crippen molar-refractivity contribution >= 4 is 5.96 Å². The van der Waals surface area contributed by atoms with Crippen molar-refractivity contribution in [2.24, 2.45) is 12.0 Å². The second-order valence-electron chi connectivity index (χ2n) is 6.43. The molecule has 154 valence electrons. The highest BCUT2D eigenvalue weighted by Crippen LogP contribution is 2.25. The molecule has 0 unspecified atom stereocenters. The van der Waals surface area contributed by atoms with Crippen molar-refractivity contribution in [3.05, 3.63) is 40.7 Å².